The molecule has 2 saturated heterocycles. The molecular weight excluding hydrogens is 398 g/mol. The molecule has 0 saturated carbocycles. The van der Waals surface area contributed by atoms with Gasteiger partial charge in [0.15, 0.2) is 0 Å². The molecule has 1 unspecified atom stereocenters. The second-order valence-electron chi connectivity index (χ2n) is 8.54. The molecule has 8 nitrogen and oxygen atoms in total. The maximum absolute atomic E-state index is 13.4. The van der Waals surface area contributed by atoms with Gasteiger partial charge in [0.25, 0.3) is 5.91 Å². The van der Waals surface area contributed by atoms with E-state index in [0.717, 1.165) is 42.4 Å². The zero-order valence-electron chi connectivity index (χ0n) is 17.0. The Morgan fingerprint density at radius 2 is 1.87 bits per heavy atom. The number of carbonyl (C=O) groups is 4. The first-order chi connectivity index (χ1) is 14.9. The highest BCUT2D eigenvalue weighted by Gasteiger charge is 2.41. The summed E-state index contributed by atoms with van der Waals surface area (Å²) in [5, 5.41) is 13.1. The van der Waals surface area contributed by atoms with Crippen molar-refractivity contribution in [2.24, 2.45) is 5.92 Å². The Bertz CT molecular complexity index is 1120. The first-order valence-corrected chi connectivity index (χ1v) is 10.6. The van der Waals surface area contributed by atoms with Crippen LogP contribution in [0.15, 0.2) is 30.3 Å². The van der Waals surface area contributed by atoms with Crippen molar-refractivity contribution < 1.29 is 24.3 Å². The monoisotopic (exact) mass is 421 g/mol. The number of hydrogen-bond acceptors (Lipinski definition) is 5. The maximum atomic E-state index is 13.4. The van der Waals surface area contributed by atoms with Gasteiger partial charge in [-0.2, -0.15) is 0 Å². The van der Waals surface area contributed by atoms with E-state index in [0.29, 0.717) is 17.7 Å². The van der Waals surface area contributed by atoms with Crippen LogP contribution in [0.3, 0.4) is 0 Å². The molecule has 2 aromatic carbocycles. The Labute approximate surface area is 178 Å². The summed E-state index contributed by atoms with van der Waals surface area (Å²) in [6.45, 7) is 1.49. The van der Waals surface area contributed by atoms with Gasteiger partial charge in [0.1, 0.15) is 6.04 Å². The van der Waals surface area contributed by atoms with Gasteiger partial charge < -0.3 is 10.0 Å². The fourth-order valence-electron chi connectivity index (χ4n) is 5.06. The molecule has 3 heterocycles. The van der Waals surface area contributed by atoms with Crippen molar-refractivity contribution in [3.8, 4) is 0 Å². The van der Waals surface area contributed by atoms with E-state index in [1.165, 1.54) is 4.90 Å². The van der Waals surface area contributed by atoms with Gasteiger partial charge in [0.05, 0.1) is 11.3 Å². The van der Waals surface area contributed by atoms with Crippen LogP contribution in [0.25, 0.3) is 10.8 Å². The van der Waals surface area contributed by atoms with E-state index in [4.69, 9.17) is 5.11 Å². The number of anilines is 2. The number of hydrogen-bond donors (Lipinski definition) is 2. The van der Waals surface area contributed by atoms with E-state index < -0.39 is 17.9 Å². The van der Waals surface area contributed by atoms with Crippen molar-refractivity contribution in [2.45, 2.75) is 38.1 Å². The molecule has 31 heavy (non-hydrogen) atoms. The Balaban J connectivity index is 1.46. The molecule has 1 atom stereocenters. The molecule has 2 N–H and O–H groups in total. The predicted octanol–water partition coefficient (Wildman–Crippen LogP) is 2.30. The van der Waals surface area contributed by atoms with Crippen molar-refractivity contribution in [1.82, 2.24) is 5.32 Å². The third-order valence-electron chi connectivity index (χ3n) is 6.61. The van der Waals surface area contributed by atoms with E-state index in [1.807, 2.05) is 24.3 Å². The largest absolute Gasteiger partial charge is 0.481 e. The molecule has 8 heteroatoms. The van der Waals surface area contributed by atoms with E-state index >= 15 is 0 Å². The SMILES string of the molecule is O=C(O)CC1CCN(c2cc3c4c(cccc4c2)N(C2CCC(=O)NC2=O)C3=O)CC1. The summed E-state index contributed by atoms with van der Waals surface area (Å²) in [6, 6.07) is 8.93. The number of nitrogens with zero attached hydrogens (tertiary/aromatic N) is 2. The summed E-state index contributed by atoms with van der Waals surface area (Å²) >= 11 is 0. The molecule has 0 aliphatic carbocycles. The Morgan fingerprint density at radius 3 is 2.58 bits per heavy atom. The minimum Gasteiger partial charge on any atom is -0.481 e. The highest BCUT2D eigenvalue weighted by atomic mass is 16.4. The summed E-state index contributed by atoms with van der Waals surface area (Å²) in [5.74, 6) is -1.54. The average molecular weight is 421 g/mol. The Morgan fingerprint density at radius 1 is 1.10 bits per heavy atom. The number of aliphatic carboxylic acids is 1. The lowest BCUT2D eigenvalue weighted by Crippen LogP contribution is -2.53. The molecule has 160 valence electrons. The van der Waals surface area contributed by atoms with Crippen LogP contribution in [0.4, 0.5) is 11.4 Å². The van der Waals surface area contributed by atoms with Gasteiger partial charge >= 0.3 is 5.97 Å². The van der Waals surface area contributed by atoms with E-state index in [1.54, 1.807) is 0 Å². The molecule has 0 bridgehead atoms. The average Bonchev–Trinajstić information content (AvgIpc) is 3.02. The number of nitrogens with one attached hydrogen (secondary N) is 1. The molecule has 2 fully saturated rings. The number of piperidine rings is 2. The molecular formula is C23H23N3O5. The zero-order valence-corrected chi connectivity index (χ0v) is 17.0. The number of benzene rings is 2. The van der Waals surface area contributed by atoms with Gasteiger partial charge in [-0.05, 0) is 48.8 Å². The fraction of sp³-hybridized carbons (Fsp3) is 0.391. The van der Waals surface area contributed by atoms with Gasteiger partial charge in [0, 0.05) is 37.0 Å². The van der Waals surface area contributed by atoms with Crippen LogP contribution in [0.1, 0.15) is 42.5 Å². The standard InChI is InChI=1S/C23H23N3O5/c27-19-5-4-18(22(30)24-19)26-17-3-1-2-14-11-15(12-16(21(14)17)23(26)31)25-8-6-13(7-9-25)10-20(28)29/h1-3,11-13,18H,4-10H2,(H,28,29)(H,24,27,30). The summed E-state index contributed by atoms with van der Waals surface area (Å²) in [5.41, 5.74) is 2.21. The van der Waals surface area contributed by atoms with Crippen molar-refractivity contribution in [1.29, 1.82) is 0 Å². The smallest absolute Gasteiger partial charge is 0.303 e. The van der Waals surface area contributed by atoms with Crippen LogP contribution in [0, 0.1) is 5.92 Å². The number of carboxylic acids is 1. The molecule has 3 aliphatic rings. The minimum atomic E-state index is -0.760. The van der Waals surface area contributed by atoms with Gasteiger partial charge in [-0.15, -0.1) is 0 Å². The molecule has 3 amide bonds. The summed E-state index contributed by atoms with van der Waals surface area (Å²) in [4.78, 5) is 52.1. The van der Waals surface area contributed by atoms with Crippen LogP contribution in [-0.2, 0) is 14.4 Å². The van der Waals surface area contributed by atoms with Crippen LogP contribution >= 0.6 is 0 Å². The predicted molar refractivity (Wildman–Crippen MR) is 114 cm³/mol. The molecule has 0 aromatic heterocycles. The molecule has 0 spiro atoms. The van der Waals surface area contributed by atoms with Crippen molar-refractivity contribution >= 4 is 45.8 Å². The lowest BCUT2D eigenvalue weighted by molar-refractivity contribution is -0.138. The summed E-state index contributed by atoms with van der Waals surface area (Å²) in [6.07, 6.45) is 2.32. The van der Waals surface area contributed by atoms with Crippen molar-refractivity contribution in [3.05, 3.63) is 35.9 Å². The van der Waals surface area contributed by atoms with E-state index in [-0.39, 0.29) is 30.6 Å². The summed E-state index contributed by atoms with van der Waals surface area (Å²) < 4.78 is 0. The van der Waals surface area contributed by atoms with Crippen LogP contribution in [0.2, 0.25) is 0 Å². The van der Waals surface area contributed by atoms with Crippen LogP contribution in [0.5, 0.6) is 0 Å². The number of carbonyl (C=O) groups excluding carboxylic acids is 3. The quantitative estimate of drug-likeness (QED) is 0.734. The Kier molecular flexibility index (Phi) is 4.64. The second-order valence-corrected chi connectivity index (χ2v) is 8.54. The molecule has 3 aliphatic heterocycles. The first kappa shape index (κ1) is 19.5. The highest BCUT2D eigenvalue weighted by molar-refractivity contribution is 6.27. The first-order valence-electron chi connectivity index (χ1n) is 10.6. The molecule has 0 radical (unpaired) electrons. The van der Waals surface area contributed by atoms with Gasteiger partial charge in [-0.3, -0.25) is 29.4 Å². The zero-order chi connectivity index (χ0) is 21.7. The van der Waals surface area contributed by atoms with Crippen LogP contribution < -0.4 is 15.1 Å². The number of rotatable bonds is 4. The lowest BCUT2D eigenvalue weighted by atomic mass is 9.93. The molecule has 2 aromatic rings. The van der Waals surface area contributed by atoms with E-state index in [9.17, 15) is 19.2 Å². The van der Waals surface area contributed by atoms with E-state index in [2.05, 4.69) is 16.3 Å². The fourth-order valence-corrected chi connectivity index (χ4v) is 5.06. The normalized spacial score (nSPS) is 21.7. The maximum Gasteiger partial charge on any atom is 0.303 e. The Hall–Kier alpha value is -3.42. The van der Waals surface area contributed by atoms with Crippen molar-refractivity contribution in [3.63, 3.8) is 0 Å². The topological polar surface area (TPSA) is 107 Å². The third kappa shape index (κ3) is 3.32. The van der Waals surface area contributed by atoms with Crippen molar-refractivity contribution in [2.75, 3.05) is 22.9 Å². The number of amides is 3. The third-order valence-corrected chi connectivity index (χ3v) is 6.61. The van der Waals surface area contributed by atoms with Crippen LogP contribution in [-0.4, -0.2) is 47.9 Å². The second kappa shape index (κ2) is 7.37. The van der Waals surface area contributed by atoms with Gasteiger partial charge in [0.2, 0.25) is 11.8 Å². The van der Waals surface area contributed by atoms with Gasteiger partial charge in [-0.25, -0.2) is 0 Å². The highest BCUT2D eigenvalue weighted by Crippen LogP contribution is 2.42. The molecule has 5 rings (SSSR count). The summed E-state index contributed by atoms with van der Waals surface area (Å²) in [7, 11) is 0. The van der Waals surface area contributed by atoms with Gasteiger partial charge in [-0.1, -0.05) is 12.1 Å². The number of carboxylic acid groups (broad SMARTS) is 1. The minimum absolute atomic E-state index is 0.181. The number of imide groups is 1. The lowest BCUT2D eigenvalue weighted by Gasteiger charge is -2.33.